The Morgan fingerprint density at radius 2 is 1.96 bits per heavy atom. The number of anilines is 1. The van der Waals surface area contributed by atoms with Crippen LogP contribution < -0.4 is 15.8 Å². The summed E-state index contributed by atoms with van der Waals surface area (Å²) in [4.78, 5) is 26.1. The third-order valence-corrected chi connectivity index (χ3v) is 4.75. The van der Waals surface area contributed by atoms with E-state index >= 15 is 0 Å². The summed E-state index contributed by atoms with van der Waals surface area (Å²) in [6, 6.07) is 1.84. The van der Waals surface area contributed by atoms with Crippen LogP contribution in [0, 0.1) is 5.92 Å². The van der Waals surface area contributed by atoms with Crippen molar-refractivity contribution in [1.29, 1.82) is 0 Å². The number of rotatable bonds is 3. The number of aromatic nitrogens is 2. The summed E-state index contributed by atoms with van der Waals surface area (Å²) >= 11 is 0. The first-order valence-electron chi connectivity index (χ1n) is 8.30. The molecule has 2 aliphatic heterocycles. The predicted molar refractivity (Wildman–Crippen MR) is 86.4 cm³/mol. The molecule has 3 rings (SSSR count). The van der Waals surface area contributed by atoms with Crippen molar-refractivity contribution in [3.8, 4) is 0 Å². The third kappa shape index (κ3) is 3.90. The van der Waals surface area contributed by atoms with Crippen molar-refractivity contribution in [3.05, 3.63) is 22.6 Å². The van der Waals surface area contributed by atoms with Gasteiger partial charge in [-0.15, -0.1) is 0 Å². The number of piperidine rings is 1. The molecule has 0 bridgehead atoms. The van der Waals surface area contributed by atoms with Crippen LogP contribution in [0.25, 0.3) is 0 Å². The number of nitrogens with one attached hydrogen (secondary N) is 1. The van der Waals surface area contributed by atoms with Gasteiger partial charge in [0.2, 0.25) is 5.91 Å². The molecule has 1 aromatic rings. The second-order valence-corrected chi connectivity index (χ2v) is 6.33. The van der Waals surface area contributed by atoms with Crippen LogP contribution in [0.2, 0.25) is 0 Å². The Morgan fingerprint density at radius 1 is 1.26 bits per heavy atom. The lowest BCUT2D eigenvalue weighted by Crippen LogP contribution is -2.47. The fourth-order valence-corrected chi connectivity index (χ4v) is 3.19. The van der Waals surface area contributed by atoms with Crippen LogP contribution in [0.3, 0.4) is 0 Å². The molecule has 3 heterocycles. The molecule has 7 heteroatoms. The summed E-state index contributed by atoms with van der Waals surface area (Å²) in [5.74, 6) is 0.269. The summed E-state index contributed by atoms with van der Waals surface area (Å²) in [7, 11) is 1.64. The largest absolute Gasteiger partial charge is 0.381 e. The Labute approximate surface area is 135 Å². The lowest BCUT2D eigenvalue weighted by atomic mass is 9.97. The molecule has 0 saturated carbocycles. The zero-order chi connectivity index (χ0) is 16.2. The number of hydrogen-bond acceptors (Lipinski definition) is 5. The van der Waals surface area contributed by atoms with Gasteiger partial charge in [-0.1, -0.05) is 0 Å². The number of carbonyl (C=O) groups is 1. The van der Waals surface area contributed by atoms with Crippen molar-refractivity contribution in [3.63, 3.8) is 0 Å². The maximum absolute atomic E-state index is 12.3. The smallest absolute Gasteiger partial charge is 0.268 e. The molecule has 2 fully saturated rings. The summed E-state index contributed by atoms with van der Waals surface area (Å²) < 4.78 is 6.62. The van der Waals surface area contributed by atoms with Gasteiger partial charge in [0, 0.05) is 51.4 Å². The van der Waals surface area contributed by atoms with E-state index in [9.17, 15) is 9.59 Å². The molecule has 2 aliphatic rings. The molecule has 126 valence electrons. The van der Waals surface area contributed by atoms with Gasteiger partial charge in [0.05, 0.1) is 11.9 Å². The number of hydrogen-bond donors (Lipinski definition) is 1. The number of ether oxygens (including phenoxy) is 1. The first-order valence-corrected chi connectivity index (χ1v) is 8.30. The molecule has 0 unspecified atom stereocenters. The molecule has 0 aliphatic carbocycles. The quantitative estimate of drug-likeness (QED) is 0.866. The summed E-state index contributed by atoms with van der Waals surface area (Å²) in [5.41, 5.74) is 0.764. The van der Waals surface area contributed by atoms with Crippen LogP contribution in [-0.4, -0.2) is 48.0 Å². The molecule has 1 amide bonds. The number of carbonyl (C=O) groups excluding carboxylic acids is 1. The zero-order valence-electron chi connectivity index (χ0n) is 13.5. The molecule has 0 radical (unpaired) electrons. The highest BCUT2D eigenvalue weighted by molar-refractivity contribution is 5.79. The molecule has 7 nitrogen and oxygen atoms in total. The molecule has 23 heavy (non-hydrogen) atoms. The highest BCUT2D eigenvalue weighted by Gasteiger charge is 2.26. The van der Waals surface area contributed by atoms with Crippen LogP contribution >= 0.6 is 0 Å². The Morgan fingerprint density at radius 3 is 2.61 bits per heavy atom. The van der Waals surface area contributed by atoms with E-state index in [0.29, 0.717) is 13.2 Å². The average molecular weight is 320 g/mol. The molecule has 0 spiro atoms. The van der Waals surface area contributed by atoms with Gasteiger partial charge in [-0.25, -0.2) is 4.68 Å². The molecule has 0 atom stereocenters. The van der Waals surface area contributed by atoms with Gasteiger partial charge in [-0.3, -0.25) is 9.59 Å². The summed E-state index contributed by atoms with van der Waals surface area (Å²) in [6.07, 6.45) is 5.16. The van der Waals surface area contributed by atoms with E-state index in [0.717, 1.165) is 44.5 Å². The second kappa shape index (κ2) is 7.12. The maximum atomic E-state index is 12.3. The number of amides is 1. The zero-order valence-corrected chi connectivity index (χ0v) is 13.5. The minimum absolute atomic E-state index is 0.0996. The topological polar surface area (TPSA) is 76.5 Å². The maximum Gasteiger partial charge on any atom is 0.268 e. The van der Waals surface area contributed by atoms with Crippen molar-refractivity contribution >= 4 is 11.6 Å². The highest BCUT2D eigenvalue weighted by Crippen LogP contribution is 2.19. The van der Waals surface area contributed by atoms with Crippen molar-refractivity contribution in [2.45, 2.75) is 31.7 Å². The normalized spacial score (nSPS) is 20.5. The van der Waals surface area contributed by atoms with Crippen LogP contribution in [0.15, 0.2) is 17.1 Å². The summed E-state index contributed by atoms with van der Waals surface area (Å²) in [6.45, 7) is 3.03. The average Bonchev–Trinajstić information content (AvgIpc) is 2.59. The van der Waals surface area contributed by atoms with Crippen molar-refractivity contribution in [1.82, 2.24) is 15.1 Å². The van der Waals surface area contributed by atoms with E-state index in [1.54, 1.807) is 19.3 Å². The van der Waals surface area contributed by atoms with E-state index < -0.39 is 0 Å². The molecular weight excluding hydrogens is 296 g/mol. The molecule has 2 saturated heterocycles. The van der Waals surface area contributed by atoms with Crippen LogP contribution in [-0.2, 0) is 16.6 Å². The van der Waals surface area contributed by atoms with Gasteiger partial charge >= 0.3 is 0 Å². The van der Waals surface area contributed by atoms with E-state index in [2.05, 4.69) is 15.3 Å². The number of nitrogens with zero attached hydrogens (tertiary/aromatic N) is 3. The van der Waals surface area contributed by atoms with Gasteiger partial charge in [0.1, 0.15) is 0 Å². The molecule has 0 aromatic carbocycles. The van der Waals surface area contributed by atoms with E-state index in [4.69, 9.17) is 4.74 Å². The van der Waals surface area contributed by atoms with Crippen LogP contribution in [0.1, 0.15) is 25.7 Å². The number of aryl methyl sites for hydroxylation is 1. The SMILES string of the molecule is Cn1ncc(N2CCC(NC(=O)C3CCOCC3)CC2)cc1=O. The molecular formula is C16H24N4O3. The van der Waals surface area contributed by atoms with E-state index in [1.165, 1.54) is 4.68 Å². The van der Waals surface area contributed by atoms with Gasteiger partial charge in [0.15, 0.2) is 0 Å². The Balaban J connectivity index is 1.50. The lowest BCUT2D eigenvalue weighted by molar-refractivity contribution is -0.128. The van der Waals surface area contributed by atoms with Crippen molar-refractivity contribution in [2.24, 2.45) is 13.0 Å². The van der Waals surface area contributed by atoms with Gasteiger partial charge < -0.3 is 15.0 Å². The van der Waals surface area contributed by atoms with Crippen LogP contribution in [0.4, 0.5) is 5.69 Å². The first-order chi connectivity index (χ1) is 11.1. The Kier molecular flexibility index (Phi) is 4.95. The fourth-order valence-electron chi connectivity index (χ4n) is 3.19. The second-order valence-electron chi connectivity index (χ2n) is 6.33. The third-order valence-electron chi connectivity index (χ3n) is 4.75. The minimum Gasteiger partial charge on any atom is -0.381 e. The fraction of sp³-hybridized carbons (Fsp3) is 0.688. The summed E-state index contributed by atoms with van der Waals surface area (Å²) in [5, 5.41) is 7.24. The van der Waals surface area contributed by atoms with Gasteiger partial charge in [0.25, 0.3) is 5.56 Å². The Hall–Kier alpha value is -1.89. The van der Waals surface area contributed by atoms with Gasteiger partial charge in [-0.05, 0) is 25.7 Å². The minimum atomic E-state index is -0.0996. The highest BCUT2D eigenvalue weighted by atomic mass is 16.5. The van der Waals surface area contributed by atoms with E-state index in [1.807, 2.05) is 0 Å². The monoisotopic (exact) mass is 320 g/mol. The van der Waals surface area contributed by atoms with E-state index in [-0.39, 0.29) is 23.4 Å². The standard InChI is InChI=1S/C16H24N4O3/c1-19-15(21)10-14(11-17-19)20-6-2-13(3-7-20)18-16(22)12-4-8-23-9-5-12/h10-13H,2-9H2,1H3,(H,18,22). The Bertz CT molecular complexity index is 602. The van der Waals surface area contributed by atoms with Gasteiger partial charge in [-0.2, -0.15) is 5.10 Å². The first kappa shape index (κ1) is 16.0. The van der Waals surface area contributed by atoms with Crippen molar-refractivity contribution < 1.29 is 9.53 Å². The van der Waals surface area contributed by atoms with Crippen LogP contribution in [0.5, 0.6) is 0 Å². The predicted octanol–water partition coefficient (Wildman–Crippen LogP) is 0.292. The van der Waals surface area contributed by atoms with Crippen molar-refractivity contribution in [2.75, 3.05) is 31.2 Å². The molecule has 1 aromatic heterocycles. The molecule has 1 N–H and O–H groups in total. The lowest BCUT2D eigenvalue weighted by Gasteiger charge is -2.34.